The van der Waals surface area contributed by atoms with Crippen molar-refractivity contribution in [2.24, 2.45) is 0 Å². The molecule has 0 saturated heterocycles. The summed E-state index contributed by atoms with van der Waals surface area (Å²) in [6.45, 7) is 2.12. The molecule has 21 heavy (non-hydrogen) atoms. The Labute approximate surface area is 125 Å². The molecule has 2 heterocycles. The fraction of sp³-hybridized carbons (Fsp3) is 0.133. The van der Waals surface area contributed by atoms with E-state index in [1.807, 2.05) is 41.9 Å². The fourth-order valence-electron chi connectivity index (χ4n) is 1.87. The van der Waals surface area contributed by atoms with E-state index in [9.17, 15) is 4.79 Å². The van der Waals surface area contributed by atoms with Crippen molar-refractivity contribution in [3.8, 4) is 16.9 Å². The molecule has 3 aromatic rings. The first-order valence-corrected chi connectivity index (χ1v) is 7.39. The highest BCUT2D eigenvalue weighted by Crippen LogP contribution is 2.22. The second-order valence-electron chi connectivity index (χ2n) is 4.27. The predicted molar refractivity (Wildman–Crippen MR) is 80.6 cm³/mol. The molecule has 0 aliphatic rings. The Kier molecular flexibility index (Phi) is 3.79. The number of nitrogens with zero attached hydrogens (tertiary/aromatic N) is 3. The maximum absolute atomic E-state index is 11.6. The number of hydrogen-bond acceptors (Lipinski definition) is 5. The van der Waals surface area contributed by atoms with Gasteiger partial charge in [0.15, 0.2) is 0 Å². The molecule has 0 unspecified atom stereocenters. The van der Waals surface area contributed by atoms with Gasteiger partial charge in [-0.25, -0.2) is 14.5 Å². The van der Waals surface area contributed by atoms with Crippen LogP contribution in [0.25, 0.3) is 16.9 Å². The van der Waals surface area contributed by atoms with Gasteiger partial charge in [-0.05, 0) is 19.1 Å². The average Bonchev–Trinajstić information content (AvgIpc) is 3.17. The van der Waals surface area contributed by atoms with Crippen molar-refractivity contribution in [1.29, 1.82) is 0 Å². The molecule has 3 rings (SSSR count). The van der Waals surface area contributed by atoms with Crippen LogP contribution in [-0.2, 0) is 4.74 Å². The number of hydrogen-bond donors (Lipinski definition) is 0. The van der Waals surface area contributed by atoms with Crippen LogP contribution in [0.5, 0.6) is 0 Å². The molecule has 5 nitrogen and oxygen atoms in total. The average molecular weight is 299 g/mol. The number of para-hydroxylation sites is 1. The summed E-state index contributed by atoms with van der Waals surface area (Å²) in [7, 11) is 0. The van der Waals surface area contributed by atoms with Gasteiger partial charge in [-0.2, -0.15) is 5.10 Å². The second kappa shape index (κ2) is 5.88. The molecule has 106 valence electrons. The second-order valence-corrected chi connectivity index (χ2v) is 5.13. The first kappa shape index (κ1) is 13.5. The third kappa shape index (κ3) is 2.85. The zero-order valence-electron chi connectivity index (χ0n) is 11.4. The summed E-state index contributed by atoms with van der Waals surface area (Å²) in [5.41, 5.74) is 2.57. The summed E-state index contributed by atoms with van der Waals surface area (Å²) in [5, 5.41) is 6.51. The largest absolute Gasteiger partial charge is 0.461 e. The minimum atomic E-state index is -0.385. The first-order chi connectivity index (χ1) is 10.3. The maximum atomic E-state index is 11.6. The van der Waals surface area contributed by atoms with Crippen LogP contribution in [0.1, 0.15) is 16.7 Å². The topological polar surface area (TPSA) is 57.0 Å². The third-order valence-electron chi connectivity index (χ3n) is 2.85. The van der Waals surface area contributed by atoms with Gasteiger partial charge in [-0.1, -0.05) is 18.2 Å². The summed E-state index contributed by atoms with van der Waals surface area (Å²) in [6, 6.07) is 9.82. The van der Waals surface area contributed by atoms with E-state index < -0.39 is 0 Å². The van der Waals surface area contributed by atoms with Crippen molar-refractivity contribution >= 4 is 17.3 Å². The van der Waals surface area contributed by atoms with Crippen LogP contribution in [0.15, 0.2) is 48.1 Å². The molecule has 6 heteroatoms. The maximum Gasteiger partial charge on any atom is 0.367 e. The SMILES string of the molecule is CCOC(=O)c1nc(-c2cnn(-c3ccccc3)c2)cs1. The van der Waals surface area contributed by atoms with E-state index in [1.165, 1.54) is 11.3 Å². The highest BCUT2D eigenvalue weighted by molar-refractivity contribution is 7.11. The van der Waals surface area contributed by atoms with Crippen LogP contribution >= 0.6 is 11.3 Å². The van der Waals surface area contributed by atoms with E-state index in [2.05, 4.69) is 10.1 Å². The summed E-state index contributed by atoms with van der Waals surface area (Å²) in [6.07, 6.45) is 3.62. The number of ether oxygens (including phenoxy) is 1. The number of carbonyl (C=O) groups is 1. The zero-order valence-corrected chi connectivity index (χ0v) is 12.2. The Morgan fingerprint density at radius 2 is 2.14 bits per heavy atom. The zero-order chi connectivity index (χ0) is 14.7. The van der Waals surface area contributed by atoms with Gasteiger partial charge in [-0.15, -0.1) is 11.3 Å². The van der Waals surface area contributed by atoms with Crippen molar-refractivity contribution in [2.45, 2.75) is 6.92 Å². The minimum absolute atomic E-state index is 0.347. The molecule has 2 aromatic heterocycles. The molecule has 1 aromatic carbocycles. The van der Waals surface area contributed by atoms with E-state index in [0.29, 0.717) is 11.6 Å². The number of benzene rings is 1. The van der Waals surface area contributed by atoms with Gasteiger partial charge in [-0.3, -0.25) is 0 Å². The smallest absolute Gasteiger partial charge is 0.367 e. The number of thiazole rings is 1. The third-order valence-corrected chi connectivity index (χ3v) is 3.68. The van der Waals surface area contributed by atoms with Gasteiger partial charge in [0.05, 0.1) is 24.2 Å². The van der Waals surface area contributed by atoms with Crippen LogP contribution in [0.4, 0.5) is 0 Å². The van der Waals surface area contributed by atoms with Crippen LogP contribution in [0, 0.1) is 0 Å². The lowest BCUT2D eigenvalue weighted by Crippen LogP contribution is -2.03. The van der Waals surface area contributed by atoms with Crippen molar-refractivity contribution in [1.82, 2.24) is 14.8 Å². The van der Waals surface area contributed by atoms with Gasteiger partial charge in [0.2, 0.25) is 5.01 Å². The summed E-state index contributed by atoms with van der Waals surface area (Å²) in [4.78, 5) is 15.9. The fourth-order valence-corrected chi connectivity index (χ4v) is 2.59. The molecule has 0 aliphatic carbocycles. The molecule has 0 bridgehead atoms. The monoisotopic (exact) mass is 299 g/mol. The normalized spacial score (nSPS) is 10.5. The molecule has 0 atom stereocenters. The van der Waals surface area contributed by atoms with Gasteiger partial charge in [0, 0.05) is 17.1 Å². The van der Waals surface area contributed by atoms with E-state index in [1.54, 1.807) is 17.8 Å². The Hall–Kier alpha value is -2.47. The standard InChI is InChI=1S/C15H13N3O2S/c1-2-20-15(19)14-17-13(10-21-14)11-8-16-18(9-11)12-6-4-3-5-7-12/h3-10H,2H2,1H3. The molecule has 0 spiro atoms. The molecule has 0 amide bonds. The number of esters is 1. The summed E-state index contributed by atoms with van der Waals surface area (Å²) in [5.74, 6) is -0.385. The van der Waals surface area contributed by atoms with E-state index in [-0.39, 0.29) is 5.97 Å². The molecular formula is C15H13N3O2S. The van der Waals surface area contributed by atoms with Crippen LogP contribution in [0.2, 0.25) is 0 Å². The highest BCUT2D eigenvalue weighted by atomic mass is 32.1. The quantitative estimate of drug-likeness (QED) is 0.694. The minimum Gasteiger partial charge on any atom is -0.461 e. The highest BCUT2D eigenvalue weighted by Gasteiger charge is 2.14. The molecule has 0 radical (unpaired) electrons. The van der Waals surface area contributed by atoms with Gasteiger partial charge in [0.1, 0.15) is 0 Å². The van der Waals surface area contributed by atoms with Gasteiger partial charge >= 0.3 is 5.97 Å². The predicted octanol–water partition coefficient (Wildman–Crippen LogP) is 3.17. The van der Waals surface area contributed by atoms with Gasteiger partial charge in [0.25, 0.3) is 0 Å². The van der Waals surface area contributed by atoms with Crippen LogP contribution < -0.4 is 0 Å². The van der Waals surface area contributed by atoms with E-state index in [4.69, 9.17) is 4.74 Å². The lowest BCUT2D eigenvalue weighted by atomic mass is 10.3. The number of carbonyl (C=O) groups excluding carboxylic acids is 1. The number of aromatic nitrogens is 3. The molecule has 0 N–H and O–H groups in total. The van der Waals surface area contributed by atoms with Gasteiger partial charge < -0.3 is 4.74 Å². The summed E-state index contributed by atoms with van der Waals surface area (Å²) < 4.78 is 6.72. The lowest BCUT2D eigenvalue weighted by Gasteiger charge is -1.98. The number of rotatable bonds is 4. The Bertz CT molecular complexity index is 749. The van der Waals surface area contributed by atoms with Crippen molar-refractivity contribution < 1.29 is 9.53 Å². The molecule has 0 aliphatic heterocycles. The molecular weight excluding hydrogens is 286 g/mol. The van der Waals surface area contributed by atoms with Crippen LogP contribution in [-0.4, -0.2) is 27.3 Å². The van der Waals surface area contributed by atoms with E-state index in [0.717, 1.165) is 16.9 Å². The Morgan fingerprint density at radius 1 is 1.33 bits per heavy atom. The Balaban J connectivity index is 1.85. The van der Waals surface area contributed by atoms with Crippen molar-refractivity contribution in [3.05, 3.63) is 53.1 Å². The molecule has 0 saturated carbocycles. The lowest BCUT2D eigenvalue weighted by molar-refractivity contribution is 0.0526. The first-order valence-electron chi connectivity index (χ1n) is 6.51. The van der Waals surface area contributed by atoms with E-state index >= 15 is 0 Å². The Morgan fingerprint density at radius 3 is 2.90 bits per heavy atom. The van der Waals surface area contributed by atoms with Crippen molar-refractivity contribution in [3.63, 3.8) is 0 Å². The van der Waals surface area contributed by atoms with Crippen LogP contribution in [0.3, 0.4) is 0 Å². The van der Waals surface area contributed by atoms with Crippen molar-refractivity contribution in [2.75, 3.05) is 6.61 Å². The molecule has 0 fully saturated rings. The summed E-state index contributed by atoms with van der Waals surface area (Å²) >= 11 is 1.27.